The molecule has 1 heterocycles. The zero-order valence-electron chi connectivity index (χ0n) is 9.11. The molecule has 0 spiro atoms. The second-order valence-corrected chi connectivity index (χ2v) is 3.48. The lowest BCUT2D eigenvalue weighted by Crippen LogP contribution is -2.05. The van der Waals surface area contributed by atoms with E-state index < -0.39 is 5.97 Å². The minimum Gasteiger partial charge on any atom is -0.478 e. The van der Waals surface area contributed by atoms with Crippen LogP contribution in [0.15, 0.2) is 17.7 Å². The van der Waals surface area contributed by atoms with Gasteiger partial charge < -0.3 is 10.4 Å². The lowest BCUT2D eigenvalue weighted by Gasteiger charge is -2.01. The van der Waals surface area contributed by atoms with E-state index in [-0.39, 0.29) is 0 Å². The fourth-order valence-corrected chi connectivity index (χ4v) is 1.14. The van der Waals surface area contributed by atoms with Crippen LogP contribution in [0.1, 0.15) is 12.6 Å². The number of aromatic nitrogens is 2. The number of nitrogens with zero attached hydrogens (tertiary/aromatic N) is 2. The molecule has 0 aliphatic carbocycles. The summed E-state index contributed by atoms with van der Waals surface area (Å²) in [5.74, 6) is -0.167. The molecule has 15 heavy (non-hydrogen) atoms. The van der Waals surface area contributed by atoms with Gasteiger partial charge in [0.2, 0.25) is 0 Å². The van der Waals surface area contributed by atoms with Gasteiger partial charge in [0.15, 0.2) is 0 Å². The van der Waals surface area contributed by atoms with E-state index in [4.69, 9.17) is 5.11 Å². The van der Waals surface area contributed by atoms with E-state index in [0.717, 1.165) is 17.1 Å². The van der Waals surface area contributed by atoms with Gasteiger partial charge in [0.25, 0.3) is 0 Å². The van der Waals surface area contributed by atoms with Crippen LogP contribution in [0.5, 0.6) is 0 Å². The van der Waals surface area contributed by atoms with E-state index in [1.807, 2.05) is 20.0 Å². The Morgan fingerprint density at radius 2 is 2.40 bits per heavy atom. The summed E-state index contributed by atoms with van der Waals surface area (Å²) in [6, 6.07) is 1.91. The Labute approximate surface area is 88.4 Å². The second-order valence-electron chi connectivity index (χ2n) is 3.48. The Hall–Kier alpha value is -1.78. The number of carboxylic acids is 1. The van der Waals surface area contributed by atoms with Gasteiger partial charge in [-0.15, -0.1) is 0 Å². The van der Waals surface area contributed by atoms with Crippen molar-refractivity contribution in [2.45, 2.75) is 13.8 Å². The number of carbonyl (C=O) groups is 1. The van der Waals surface area contributed by atoms with Gasteiger partial charge in [-0.3, -0.25) is 4.68 Å². The summed E-state index contributed by atoms with van der Waals surface area (Å²) in [5, 5.41) is 15.7. The molecule has 0 amide bonds. The van der Waals surface area contributed by atoms with Crippen LogP contribution in [0, 0.1) is 6.92 Å². The van der Waals surface area contributed by atoms with Gasteiger partial charge in [-0.1, -0.05) is 0 Å². The summed E-state index contributed by atoms with van der Waals surface area (Å²) in [5.41, 5.74) is 1.81. The number of aryl methyl sites for hydroxylation is 2. The van der Waals surface area contributed by atoms with Gasteiger partial charge in [-0.2, -0.15) is 5.10 Å². The zero-order valence-corrected chi connectivity index (χ0v) is 9.11. The quantitative estimate of drug-likeness (QED) is 0.730. The maximum absolute atomic E-state index is 10.4. The van der Waals surface area contributed by atoms with Crippen LogP contribution in [-0.2, 0) is 11.8 Å². The summed E-state index contributed by atoms with van der Waals surface area (Å²) < 4.78 is 1.76. The smallest absolute Gasteiger partial charge is 0.328 e. The number of anilines is 1. The molecular weight excluding hydrogens is 194 g/mol. The summed E-state index contributed by atoms with van der Waals surface area (Å²) >= 11 is 0. The monoisotopic (exact) mass is 209 g/mol. The standard InChI is InChI=1S/C10H15N3O2/c1-7(4-10(14)15)6-11-9-5-8(2)13(3)12-9/h4-5H,6H2,1-3H3,(H,11,12)(H,14,15)/b7-4-. The predicted octanol–water partition coefficient (Wildman–Crippen LogP) is 1.17. The molecule has 5 nitrogen and oxygen atoms in total. The van der Waals surface area contributed by atoms with E-state index in [1.165, 1.54) is 6.08 Å². The van der Waals surface area contributed by atoms with Crippen LogP contribution in [0.2, 0.25) is 0 Å². The first-order chi connectivity index (χ1) is 6.99. The SMILES string of the molecule is C/C(=C/C(=O)O)CNc1cc(C)n(C)n1. The van der Waals surface area contributed by atoms with Crippen molar-refractivity contribution in [1.29, 1.82) is 0 Å². The van der Waals surface area contributed by atoms with E-state index in [1.54, 1.807) is 11.6 Å². The van der Waals surface area contributed by atoms with Crippen molar-refractivity contribution in [2.24, 2.45) is 7.05 Å². The summed E-state index contributed by atoms with van der Waals surface area (Å²) in [4.78, 5) is 10.4. The highest BCUT2D eigenvalue weighted by Gasteiger charge is 2.00. The average Bonchev–Trinajstić information content (AvgIpc) is 2.42. The third-order valence-electron chi connectivity index (χ3n) is 2.03. The van der Waals surface area contributed by atoms with E-state index >= 15 is 0 Å². The van der Waals surface area contributed by atoms with Gasteiger partial charge in [-0.05, 0) is 19.4 Å². The van der Waals surface area contributed by atoms with Crippen molar-refractivity contribution in [3.63, 3.8) is 0 Å². The van der Waals surface area contributed by atoms with Crippen molar-refractivity contribution in [3.05, 3.63) is 23.4 Å². The van der Waals surface area contributed by atoms with Crippen molar-refractivity contribution in [2.75, 3.05) is 11.9 Å². The first kappa shape index (κ1) is 11.3. The largest absolute Gasteiger partial charge is 0.478 e. The normalized spacial score (nSPS) is 11.5. The molecule has 0 unspecified atom stereocenters. The van der Waals surface area contributed by atoms with E-state index in [2.05, 4.69) is 10.4 Å². The van der Waals surface area contributed by atoms with Crippen LogP contribution in [0.25, 0.3) is 0 Å². The van der Waals surface area contributed by atoms with Gasteiger partial charge in [0.05, 0.1) is 0 Å². The number of nitrogens with one attached hydrogen (secondary N) is 1. The van der Waals surface area contributed by atoms with Crippen molar-refractivity contribution in [1.82, 2.24) is 9.78 Å². The van der Waals surface area contributed by atoms with Gasteiger partial charge in [-0.25, -0.2) is 4.79 Å². The van der Waals surface area contributed by atoms with Crippen molar-refractivity contribution in [3.8, 4) is 0 Å². The van der Waals surface area contributed by atoms with Crippen molar-refractivity contribution >= 4 is 11.8 Å². The Kier molecular flexibility index (Phi) is 3.49. The molecule has 0 saturated heterocycles. The predicted molar refractivity (Wildman–Crippen MR) is 57.8 cm³/mol. The van der Waals surface area contributed by atoms with Gasteiger partial charge >= 0.3 is 5.97 Å². The van der Waals surface area contributed by atoms with Crippen LogP contribution < -0.4 is 5.32 Å². The Morgan fingerprint density at radius 1 is 1.73 bits per heavy atom. The maximum atomic E-state index is 10.4. The minimum atomic E-state index is -0.925. The van der Waals surface area contributed by atoms with Gasteiger partial charge in [0, 0.05) is 31.4 Å². The molecule has 1 aromatic rings. The number of carboxylic acid groups (broad SMARTS) is 1. The van der Waals surface area contributed by atoms with Crippen LogP contribution in [-0.4, -0.2) is 27.4 Å². The zero-order chi connectivity index (χ0) is 11.4. The van der Waals surface area contributed by atoms with Crippen LogP contribution in [0.3, 0.4) is 0 Å². The molecule has 5 heteroatoms. The highest BCUT2D eigenvalue weighted by molar-refractivity contribution is 5.80. The van der Waals surface area contributed by atoms with E-state index in [9.17, 15) is 4.79 Å². The summed E-state index contributed by atoms with van der Waals surface area (Å²) in [7, 11) is 1.86. The molecule has 0 bridgehead atoms. The molecule has 1 rings (SSSR count). The number of rotatable bonds is 4. The Morgan fingerprint density at radius 3 is 2.87 bits per heavy atom. The molecule has 1 aromatic heterocycles. The first-order valence-electron chi connectivity index (χ1n) is 4.63. The molecule has 2 N–H and O–H groups in total. The second kappa shape index (κ2) is 4.63. The van der Waals surface area contributed by atoms with Crippen LogP contribution >= 0.6 is 0 Å². The molecule has 0 atom stereocenters. The molecule has 0 aliphatic heterocycles. The number of hydrogen-bond acceptors (Lipinski definition) is 3. The third-order valence-corrected chi connectivity index (χ3v) is 2.03. The third kappa shape index (κ3) is 3.46. The number of aliphatic carboxylic acids is 1. The molecule has 82 valence electrons. The Balaban J connectivity index is 2.54. The molecule has 0 saturated carbocycles. The highest BCUT2D eigenvalue weighted by Crippen LogP contribution is 2.07. The molecule has 0 radical (unpaired) electrons. The Bertz CT molecular complexity index is 374. The van der Waals surface area contributed by atoms with Gasteiger partial charge in [0.1, 0.15) is 5.82 Å². The summed E-state index contributed by atoms with van der Waals surface area (Å²) in [6.07, 6.45) is 1.18. The highest BCUT2D eigenvalue weighted by atomic mass is 16.4. The average molecular weight is 209 g/mol. The maximum Gasteiger partial charge on any atom is 0.328 e. The fraction of sp³-hybridized carbons (Fsp3) is 0.400. The molecular formula is C10H15N3O2. The lowest BCUT2D eigenvalue weighted by molar-refractivity contribution is -0.131. The molecule has 0 fully saturated rings. The van der Waals surface area contributed by atoms with Crippen molar-refractivity contribution < 1.29 is 9.90 Å². The number of hydrogen-bond donors (Lipinski definition) is 2. The topological polar surface area (TPSA) is 67.2 Å². The van der Waals surface area contributed by atoms with Crippen LogP contribution in [0.4, 0.5) is 5.82 Å². The fourth-order valence-electron chi connectivity index (χ4n) is 1.14. The summed E-state index contributed by atoms with van der Waals surface area (Å²) in [6.45, 7) is 4.21. The molecule has 0 aromatic carbocycles. The molecule has 0 aliphatic rings. The first-order valence-corrected chi connectivity index (χ1v) is 4.63. The van der Waals surface area contributed by atoms with E-state index in [0.29, 0.717) is 6.54 Å². The lowest BCUT2D eigenvalue weighted by atomic mass is 10.3. The minimum absolute atomic E-state index is 0.489.